The molecule has 1 aliphatic carbocycles. The molecule has 1 fully saturated rings. The van der Waals surface area contributed by atoms with Gasteiger partial charge in [0.1, 0.15) is 6.17 Å². The van der Waals surface area contributed by atoms with Crippen LogP contribution in [0.1, 0.15) is 25.7 Å². The molecule has 0 N–H and O–H groups in total. The fraction of sp³-hybridized carbons (Fsp3) is 0.857. The molecule has 0 radical (unpaired) electrons. The molecule has 2 unspecified atom stereocenters. The summed E-state index contributed by atoms with van der Waals surface area (Å²) in [6, 6.07) is -0.189. The molecule has 0 bridgehead atoms. The molecule has 0 spiro atoms. The molecule has 0 aromatic heterocycles. The molecule has 10 heavy (non-hydrogen) atoms. The molecular formula is C7H10FNS. The average Bonchev–Trinajstić information content (AvgIpc) is 1.94. The fourth-order valence-corrected chi connectivity index (χ4v) is 1.41. The normalized spacial score (nSPS) is 32.9. The van der Waals surface area contributed by atoms with Crippen LogP contribution in [-0.4, -0.2) is 17.4 Å². The summed E-state index contributed by atoms with van der Waals surface area (Å²) >= 11 is 4.40. The van der Waals surface area contributed by atoms with Crippen molar-refractivity contribution in [2.45, 2.75) is 37.9 Å². The van der Waals surface area contributed by atoms with Crippen LogP contribution in [0.2, 0.25) is 0 Å². The van der Waals surface area contributed by atoms with Gasteiger partial charge in [-0.1, -0.05) is 12.8 Å². The predicted octanol–water partition coefficient (Wildman–Crippen LogP) is 2.37. The molecule has 3 heteroatoms. The molecule has 1 aliphatic rings. The maximum absolute atomic E-state index is 12.9. The quantitative estimate of drug-likeness (QED) is 0.422. The molecule has 1 saturated carbocycles. The van der Waals surface area contributed by atoms with E-state index in [-0.39, 0.29) is 6.04 Å². The Labute approximate surface area is 65.3 Å². The van der Waals surface area contributed by atoms with Crippen LogP contribution >= 0.6 is 12.2 Å². The van der Waals surface area contributed by atoms with E-state index in [0.29, 0.717) is 6.42 Å². The van der Waals surface area contributed by atoms with E-state index in [2.05, 4.69) is 22.4 Å². The fourth-order valence-electron chi connectivity index (χ4n) is 1.28. The second kappa shape index (κ2) is 3.79. The zero-order valence-corrected chi connectivity index (χ0v) is 6.53. The average molecular weight is 159 g/mol. The van der Waals surface area contributed by atoms with Crippen molar-refractivity contribution in [2.24, 2.45) is 4.99 Å². The third kappa shape index (κ3) is 1.86. The number of thiocarbonyl (C=S) groups is 1. The highest BCUT2D eigenvalue weighted by Crippen LogP contribution is 2.23. The Morgan fingerprint density at radius 3 is 2.70 bits per heavy atom. The van der Waals surface area contributed by atoms with Crippen LogP contribution in [0.4, 0.5) is 4.39 Å². The first-order valence-electron chi connectivity index (χ1n) is 3.55. The van der Waals surface area contributed by atoms with Gasteiger partial charge in [0.15, 0.2) is 0 Å². The minimum Gasteiger partial charge on any atom is -0.245 e. The molecule has 0 aromatic rings. The second-order valence-electron chi connectivity index (χ2n) is 2.59. The van der Waals surface area contributed by atoms with Gasteiger partial charge in [-0.3, -0.25) is 0 Å². The van der Waals surface area contributed by atoms with Crippen molar-refractivity contribution >= 4 is 17.4 Å². The minimum atomic E-state index is -0.774. The van der Waals surface area contributed by atoms with Gasteiger partial charge in [-0.05, 0) is 25.1 Å². The minimum absolute atomic E-state index is 0.189. The largest absolute Gasteiger partial charge is 0.245 e. The monoisotopic (exact) mass is 159 g/mol. The molecular weight excluding hydrogens is 149 g/mol. The topological polar surface area (TPSA) is 12.4 Å². The first-order chi connectivity index (χ1) is 4.84. The predicted molar refractivity (Wildman–Crippen MR) is 42.2 cm³/mol. The highest BCUT2D eigenvalue weighted by Gasteiger charge is 2.23. The van der Waals surface area contributed by atoms with E-state index >= 15 is 0 Å². The van der Waals surface area contributed by atoms with Crippen molar-refractivity contribution in [2.75, 3.05) is 0 Å². The number of aliphatic imine (C=N–C) groups is 1. The smallest absolute Gasteiger partial charge is 0.123 e. The van der Waals surface area contributed by atoms with Crippen molar-refractivity contribution in [3.05, 3.63) is 0 Å². The molecule has 0 saturated heterocycles. The summed E-state index contributed by atoms with van der Waals surface area (Å²) in [5.74, 6) is 0. The van der Waals surface area contributed by atoms with Gasteiger partial charge in [0, 0.05) is 0 Å². The Morgan fingerprint density at radius 2 is 2.10 bits per heavy atom. The summed E-state index contributed by atoms with van der Waals surface area (Å²) in [6.45, 7) is 0. The number of rotatable bonds is 1. The van der Waals surface area contributed by atoms with E-state index in [1.165, 1.54) is 0 Å². The van der Waals surface area contributed by atoms with Crippen LogP contribution < -0.4 is 0 Å². The van der Waals surface area contributed by atoms with Gasteiger partial charge in [-0.25, -0.2) is 9.38 Å². The summed E-state index contributed by atoms with van der Waals surface area (Å²) < 4.78 is 12.9. The van der Waals surface area contributed by atoms with Crippen LogP contribution in [-0.2, 0) is 0 Å². The van der Waals surface area contributed by atoms with Gasteiger partial charge < -0.3 is 0 Å². The summed E-state index contributed by atoms with van der Waals surface area (Å²) in [6.07, 6.45) is 2.77. The molecule has 0 aromatic carbocycles. The van der Waals surface area contributed by atoms with E-state index in [1.54, 1.807) is 0 Å². The highest BCUT2D eigenvalue weighted by molar-refractivity contribution is 7.78. The number of nitrogens with zero attached hydrogens (tertiary/aromatic N) is 1. The summed E-state index contributed by atoms with van der Waals surface area (Å²) in [5.41, 5.74) is 0. The van der Waals surface area contributed by atoms with Gasteiger partial charge in [0.05, 0.1) is 11.2 Å². The maximum atomic E-state index is 12.9. The number of isothiocyanates is 1. The van der Waals surface area contributed by atoms with E-state index in [0.717, 1.165) is 19.3 Å². The van der Waals surface area contributed by atoms with Gasteiger partial charge >= 0.3 is 0 Å². The number of hydrogen-bond acceptors (Lipinski definition) is 2. The number of hydrogen-bond donors (Lipinski definition) is 0. The maximum Gasteiger partial charge on any atom is 0.123 e. The lowest BCUT2D eigenvalue weighted by Crippen LogP contribution is -2.23. The zero-order chi connectivity index (χ0) is 7.40. The molecule has 0 aliphatic heterocycles. The summed E-state index contributed by atoms with van der Waals surface area (Å²) in [7, 11) is 0. The van der Waals surface area contributed by atoms with E-state index in [4.69, 9.17) is 0 Å². The van der Waals surface area contributed by atoms with Crippen molar-refractivity contribution in [3.8, 4) is 0 Å². The Bertz CT molecular complexity index is 154. The standard InChI is InChI=1S/C7H10FNS/c8-6-3-1-2-4-7(6)9-5-10/h6-7H,1-4H2. The van der Waals surface area contributed by atoms with Gasteiger partial charge in [0.25, 0.3) is 0 Å². The summed E-state index contributed by atoms with van der Waals surface area (Å²) in [5, 5.41) is 2.24. The highest BCUT2D eigenvalue weighted by atomic mass is 32.1. The second-order valence-corrected chi connectivity index (χ2v) is 2.77. The SMILES string of the molecule is FC1CCCCC1N=C=S. The molecule has 0 heterocycles. The van der Waals surface area contributed by atoms with Gasteiger partial charge in [-0.2, -0.15) is 0 Å². The number of halogens is 1. The van der Waals surface area contributed by atoms with Gasteiger partial charge in [0.2, 0.25) is 0 Å². The third-order valence-corrected chi connectivity index (χ3v) is 1.97. The molecule has 1 nitrogen and oxygen atoms in total. The lowest BCUT2D eigenvalue weighted by molar-refractivity contribution is 0.220. The van der Waals surface area contributed by atoms with Crippen LogP contribution in [0.5, 0.6) is 0 Å². The molecule has 2 atom stereocenters. The van der Waals surface area contributed by atoms with Crippen molar-refractivity contribution in [1.82, 2.24) is 0 Å². The Balaban J connectivity index is 2.47. The third-order valence-electron chi connectivity index (χ3n) is 1.87. The number of alkyl halides is 1. The van der Waals surface area contributed by atoms with E-state index in [9.17, 15) is 4.39 Å². The Hall–Kier alpha value is -0.270. The van der Waals surface area contributed by atoms with E-state index in [1.807, 2.05) is 0 Å². The Morgan fingerprint density at radius 1 is 1.40 bits per heavy atom. The Kier molecular flexibility index (Phi) is 2.97. The molecule has 0 amide bonds. The zero-order valence-electron chi connectivity index (χ0n) is 5.72. The van der Waals surface area contributed by atoms with Crippen LogP contribution in [0, 0.1) is 0 Å². The molecule has 1 rings (SSSR count). The lowest BCUT2D eigenvalue weighted by Gasteiger charge is -2.20. The first kappa shape index (κ1) is 7.83. The summed E-state index contributed by atoms with van der Waals surface area (Å²) in [4.78, 5) is 3.75. The van der Waals surface area contributed by atoms with Crippen LogP contribution in [0.3, 0.4) is 0 Å². The van der Waals surface area contributed by atoms with Crippen molar-refractivity contribution in [1.29, 1.82) is 0 Å². The first-order valence-corrected chi connectivity index (χ1v) is 3.96. The van der Waals surface area contributed by atoms with Crippen molar-refractivity contribution < 1.29 is 4.39 Å². The lowest BCUT2D eigenvalue weighted by atomic mass is 9.94. The van der Waals surface area contributed by atoms with E-state index < -0.39 is 6.17 Å². The van der Waals surface area contributed by atoms with Crippen LogP contribution in [0.25, 0.3) is 0 Å². The van der Waals surface area contributed by atoms with Crippen LogP contribution in [0.15, 0.2) is 4.99 Å². The molecule has 56 valence electrons. The van der Waals surface area contributed by atoms with Crippen molar-refractivity contribution in [3.63, 3.8) is 0 Å². The van der Waals surface area contributed by atoms with Gasteiger partial charge in [-0.15, -0.1) is 0 Å².